The molecule has 1 aliphatic heterocycles. The fourth-order valence-corrected chi connectivity index (χ4v) is 2.56. The standard InChI is InChI=1S/C15H18N4O/c1-17-7-4-6-14(17)15(20)19-8-3-5-12(11-19)13-9-16-18(2)10-13/h4-7,9-10H,3,8,11H2,1-2H3. The molecular formula is C15H18N4O. The molecule has 104 valence electrons. The first kappa shape index (κ1) is 12.7. The van der Waals surface area contributed by atoms with Gasteiger partial charge in [0.1, 0.15) is 5.69 Å². The Morgan fingerprint density at radius 3 is 2.85 bits per heavy atom. The molecular weight excluding hydrogens is 252 g/mol. The molecule has 5 nitrogen and oxygen atoms in total. The zero-order valence-electron chi connectivity index (χ0n) is 11.8. The van der Waals surface area contributed by atoms with Crippen LogP contribution in [0, 0.1) is 0 Å². The van der Waals surface area contributed by atoms with E-state index in [-0.39, 0.29) is 5.91 Å². The number of nitrogens with zero attached hydrogens (tertiary/aromatic N) is 4. The van der Waals surface area contributed by atoms with Crippen LogP contribution in [0.1, 0.15) is 22.5 Å². The Morgan fingerprint density at radius 1 is 1.35 bits per heavy atom. The van der Waals surface area contributed by atoms with Crippen LogP contribution in [-0.4, -0.2) is 38.2 Å². The van der Waals surface area contributed by atoms with Crippen LogP contribution in [0.15, 0.2) is 36.8 Å². The number of carbonyl (C=O) groups is 1. The van der Waals surface area contributed by atoms with E-state index in [4.69, 9.17) is 0 Å². The number of rotatable bonds is 2. The van der Waals surface area contributed by atoms with E-state index in [2.05, 4.69) is 11.2 Å². The lowest BCUT2D eigenvalue weighted by molar-refractivity contribution is 0.0765. The first-order valence-electron chi connectivity index (χ1n) is 6.74. The minimum Gasteiger partial charge on any atom is -0.347 e. The summed E-state index contributed by atoms with van der Waals surface area (Å²) in [5.74, 6) is 0.0898. The van der Waals surface area contributed by atoms with E-state index in [0.29, 0.717) is 6.54 Å². The summed E-state index contributed by atoms with van der Waals surface area (Å²) in [5, 5.41) is 4.19. The summed E-state index contributed by atoms with van der Waals surface area (Å²) in [4.78, 5) is 14.4. The normalized spacial score (nSPS) is 15.3. The number of hydrogen-bond acceptors (Lipinski definition) is 2. The Hall–Kier alpha value is -2.30. The highest BCUT2D eigenvalue weighted by molar-refractivity contribution is 5.94. The SMILES string of the molecule is Cn1cc(C2=CCCN(C(=O)c3cccn3C)C2)cn1. The zero-order valence-corrected chi connectivity index (χ0v) is 11.8. The van der Waals surface area contributed by atoms with Crippen LogP contribution in [-0.2, 0) is 14.1 Å². The summed E-state index contributed by atoms with van der Waals surface area (Å²) in [6, 6.07) is 3.76. The van der Waals surface area contributed by atoms with Gasteiger partial charge in [-0.2, -0.15) is 5.10 Å². The summed E-state index contributed by atoms with van der Waals surface area (Å²) < 4.78 is 3.65. The van der Waals surface area contributed by atoms with Crippen molar-refractivity contribution in [3.8, 4) is 0 Å². The van der Waals surface area contributed by atoms with E-state index >= 15 is 0 Å². The van der Waals surface area contributed by atoms with Crippen molar-refractivity contribution >= 4 is 11.5 Å². The third-order valence-electron chi connectivity index (χ3n) is 3.68. The maximum Gasteiger partial charge on any atom is 0.270 e. The maximum atomic E-state index is 12.5. The van der Waals surface area contributed by atoms with Gasteiger partial charge in [-0.3, -0.25) is 9.48 Å². The molecule has 0 saturated carbocycles. The summed E-state index contributed by atoms with van der Waals surface area (Å²) >= 11 is 0. The van der Waals surface area contributed by atoms with E-state index in [1.807, 2.05) is 54.3 Å². The number of amides is 1. The molecule has 0 aliphatic carbocycles. The molecule has 20 heavy (non-hydrogen) atoms. The highest BCUT2D eigenvalue weighted by Crippen LogP contribution is 2.21. The molecule has 0 spiro atoms. The Balaban J connectivity index is 1.79. The summed E-state index contributed by atoms with van der Waals surface area (Å²) in [5.41, 5.74) is 3.00. The molecule has 3 heterocycles. The molecule has 0 N–H and O–H groups in total. The van der Waals surface area contributed by atoms with E-state index in [0.717, 1.165) is 24.2 Å². The summed E-state index contributed by atoms with van der Waals surface area (Å²) in [7, 11) is 3.80. The summed E-state index contributed by atoms with van der Waals surface area (Å²) in [6.45, 7) is 1.42. The van der Waals surface area contributed by atoms with Gasteiger partial charge in [-0.15, -0.1) is 0 Å². The Labute approximate surface area is 118 Å². The van der Waals surface area contributed by atoms with Crippen LogP contribution in [0.25, 0.3) is 5.57 Å². The molecule has 2 aromatic heterocycles. The highest BCUT2D eigenvalue weighted by Gasteiger charge is 2.22. The van der Waals surface area contributed by atoms with Crippen LogP contribution < -0.4 is 0 Å². The van der Waals surface area contributed by atoms with Gasteiger partial charge in [0.2, 0.25) is 0 Å². The van der Waals surface area contributed by atoms with Gasteiger partial charge in [0, 0.05) is 45.1 Å². The van der Waals surface area contributed by atoms with Crippen molar-refractivity contribution in [2.45, 2.75) is 6.42 Å². The molecule has 1 amide bonds. The Bertz CT molecular complexity index is 665. The Morgan fingerprint density at radius 2 is 2.20 bits per heavy atom. The van der Waals surface area contributed by atoms with Crippen molar-refractivity contribution in [1.82, 2.24) is 19.2 Å². The van der Waals surface area contributed by atoms with E-state index < -0.39 is 0 Å². The van der Waals surface area contributed by atoms with Crippen LogP contribution in [0.3, 0.4) is 0 Å². The number of aromatic nitrogens is 3. The van der Waals surface area contributed by atoms with Crippen molar-refractivity contribution in [3.63, 3.8) is 0 Å². The predicted octanol–water partition coefficient (Wildman–Crippen LogP) is 1.69. The lowest BCUT2D eigenvalue weighted by atomic mass is 10.0. The number of aryl methyl sites for hydroxylation is 2. The van der Waals surface area contributed by atoms with Gasteiger partial charge < -0.3 is 9.47 Å². The van der Waals surface area contributed by atoms with Gasteiger partial charge in [0.25, 0.3) is 5.91 Å². The van der Waals surface area contributed by atoms with Gasteiger partial charge in [-0.1, -0.05) is 6.08 Å². The molecule has 0 fully saturated rings. The van der Waals surface area contributed by atoms with Gasteiger partial charge in [-0.25, -0.2) is 0 Å². The molecule has 5 heteroatoms. The van der Waals surface area contributed by atoms with E-state index in [1.54, 1.807) is 4.68 Å². The fraction of sp³-hybridized carbons (Fsp3) is 0.333. The first-order chi connectivity index (χ1) is 9.65. The highest BCUT2D eigenvalue weighted by atomic mass is 16.2. The van der Waals surface area contributed by atoms with Crippen molar-refractivity contribution in [2.75, 3.05) is 13.1 Å². The Kier molecular flexibility index (Phi) is 3.18. The molecule has 0 atom stereocenters. The minimum absolute atomic E-state index is 0.0898. The summed E-state index contributed by atoms with van der Waals surface area (Å²) in [6.07, 6.45) is 8.83. The van der Waals surface area contributed by atoms with Crippen molar-refractivity contribution in [2.24, 2.45) is 14.1 Å². The van der Waals surface area contributed by atoms with Crippen LogP contribution in [0.5, 0.6) is 0 Å². The lowest BCUT2D eigenvalue weighted by Gasteiger charge is -2.27. The second-order valence-corrected chi connectivity index (χ2v) is 5.15. The number of hydrogen-bond donors (Lipinski definition) is 0. The topological polar surface area (TPSA) is 43.1 Å². The quantitative estimate of drug-likeness (QED) is 0.833. The average Bonchev–Trinajstić information content (AvgIpc) is 3.07. The number of carbonyl (C=O) groups excluding carboxylic acids is 1. The van der Waals surface area contributed by atoms with Gasteiger partial charge in [-0.05, 0) is 24.1 Å². The van der Waals surface area contributed by atoms with Crippen LogP contribution in [0.4, 0.5) is 0 Å². The molecule has 0 bridgehead atoms. The minimum atomic E-state index is 0.0898. The first-order valence-corrected chi connectivity index (χ1v) is 6.74. The molecule has 1 aliphatic rings. The largest absolute Gasteiger partial charge is 0.347 e. The van der Waals surface area contributed by atoms with Gasteiger partial charge in [0.05, 0.1) is 6.20 Å². The smallest absolute Gasteiger partial charge is 0.270 e. The molecule has 2 aromatic rings. The monoisotopic (exact) mass is 270 g/mol. The maximum absolute atomic E-state index is 12.5. The molecule has 0 radical (unpaired) electrons. The average molecular weight is 270 g/mol. The van der Waals surface area contributed by atoms with Crippen LogP contribution >= 0.6 is 0 Å². The fourth-order valence-electron chi connectivity index (χ4n) is 2.56. The second-order valence-electron chi connectivity index (χ2n) is 5.15. The molecule has 0 saturated heterocycles. The van der Waals surface area contributed by atoms with Crippen LogP contribution in [0.2, 0.25) is 0 Å². The predicted molar refractivity (Wildman–Crippen MR) is 77.1 cm³/mol. The lowest BCUT2D eigenvalue weighted by Crippen LogP contribution is -2.36. The van der Waals surface area contributed by atoms with Gasteiger partial charge >= 0.3 is 0 Å². The van der Waals surface area contributed by atoms with Crippen molar-refractivity contribution in [3.05, 3.63) is 48.1 Å². The third-order valence-corrected chi connectivity index (χ3v) is 3.68. The van der Waals surface area contributed by atoms with Crippen molar-refractivity contribution < 1.29 is 4.79 Å². The van der Waals surface area contributed by atoms with E-state index in [9.17, 15) is 4.79 Å². The van der Waals surface area contributed by atoms with E-state index in [1.165, 1.54) is 5.57 Å². The third kappa shape index (κ3) is 2.27. The molecule has 0 aromatic carbocycles. The molecule has 0 unspecified atom stereocenters. The van der Waals surface area contributed by atoms with Crippen molar-refractivity contribution in [1.29, 1.82) is 0 Å². The second kappa shape index (κ2) is 5.00. The van der Waals surface area contributed by atoms with Gasteiger partial charge in [0.15, 0.2) is 0 Å². The zero-order chi connectivity index (χ0) is 14.1. The molecule has 3 rings (SSSR count).